The van der Waals surface area contributed by atoms with Crippen LogP contribution < -0.4 is 10.3 Å². The van der Waals surface area contributed by atoms with Gasteiger partial charge in [0.05, 0.1) is 11.0 Å². The Balaban J connectivity index is 2.95. The van der Waals surface area contributed by atoms with Crippen LogP contribution in [0.3, 0.4) is 0 Å². The molecule has 0 fully saturated rings. The molecule has 0 radical (unpaired) electrons. The maximum Gasteiger partial charge on any atom is 0.345 e. The number of aryl methyl sites for hydroxylation is 1. The summed E-state index contributed by atoms with van der Waals surface area (Å²) < 4.78 is 0. The number of amides is 2. The average Bonchev–Trinajstić information content (AvgIpc) is 2.20. The van der Waals surface area contributed by atoms with Crippen LogP contribution in [0.5, 0.6) is 0 Å². The highest BCUT2D eigenvalue weighted by Crippen LogP contribution is 2.19. The van der Waals surface area contributed by atoms with Crippen LogP contribution in [0.4, 0.5) is 10.5 Å². The van der Waals surface area contributed by atoms with Gasteiger partial charge in [0.25, 0.3) is 0 Å². The highest BCUT2D eigenvalue weighted by Gasteiger charge is 2.18. The van der Waals surface area contributed by atoms with Gasteiger partial charge in [0.1, 0.15) is 0 Å². The van der Waals surface area contributed by atoms with Crippen molar-refractivity contribution in [3.05, 3.63) is 34.7 Å². The third-order valence-corrected chi connectivity index (χ3v) is 2.03. The first-order chi connectivity index (χ1) is 7.56. The van der Waals surface area contributed by atoms with E-state index in [4.69, 9.17) is 0 Å². The van der Waals surface area contributed by atoms with E-state index in [1.54, 1.807) is 12.1 Å². The number of hydrogen-bond donors (Lipinski definition) is 1. The molecule has 0 heterocycles. The van der Waals surface area contributed by atoms with E-state index in [2.05, 4.69) is 10.6 Å². The maximum atomic E-state index is 11.7. The number of nitroso groups, excluding NO2 is 1. The van der Waals surface area contributed by atoms with E-state index in [9.17, 15) is 9.70 Å². The van der Waals surface area contributed by atoms with Gasteiger partial charge in [-0.05, 0) is 32.4 Å². The molecule has 2 amide bonds. The minimum Gasteiger partial charge on any atom is -0.334 e. The van der Waals surface area contributed by atoms with Crippen LogP contribution in [0.2, 0.25) is 0 Å². The Morgan fingerprint density at radius 1 is 1.38 bits per heavy atom. The summed E-state index contributed by atoms with van der Waals surface area (Å²) in [7, 11) is 0. The second kappa shape index (κ2) is 5.25. The molecule has 1 aromatic rings. The molecule has 0 aliphatic rings. The van der Waals surface area contributed by atoms with Crippen molar-refractivity contribution in [3.63, 3.8) is 0 Å². The van der Waals surface area contributed by atoms with E-state index in [0.717, 1.165) is 10.6 Å². The molecule has 0 aliphatic carbocycles. The Kier molecular flexibility index (Phi) is 3.99. The van der Waals surface area contributed by atoms with Gasteiger partial charge < -0.3 is 5.32 Å². The lowest BCUT2D eigenvalue weighted by atomic mass is 10.2. The van der Waals surface area contributed by atoms with Gasteiger partial charge in [-0.2, -0.15) is 0 Å². The summed E-state index contributed by atoms with van der Waals surface area (Å²) in [6, 6.07) is 6.53. The summed E-state index contributed by atoms with van der Waals surface area (Å²) in [5, 5.41) is 6.18. The molecule has 1 N–H and O–H groups in total. The van der Waals surface area contributed by atoms with Gasteiger partial charge >= 0.3 is 6.03 Å². The molecule has 5 heteroatoms. The Labute approximate surface area is 94.4 Å². The van der Waals surface area contributed by atoms with Crippen molar-refractivity contribution in [1.82, 2.24) is 5.32 Å². The minimum atomic E-state index is -0.515. The number of rotatable bonds is 3. The second-order valence-electron chi connectivity index (χ2n) is 3.78. The Hall–Kier alpha value is -1.91. The number of para-hydroxylation sites is 1. The van der Waals surface area contributed by atoms with Crippen LogP contribution in [0.15, 0.2) is 29.6 Å². The number of benzene rings is 1. The van der Waals surface area contributed by atoms with Crippen molar-refractivity contribution in [1.29, 1.82) is 0 Å². The molecule has 86 valence electrons. The predicted molar refractivity (Wildman–Crippen MR) is 63.1 cm³/mol. The van der Waals surface area contributed by atoms with Gasteiger partial charge in [0.2, 0.25) is 0 Å². The summed E-state index contributed by atoms with van der Waals surface area (Å²) in [4.78, 5) is 22.4. The van der Waals surface area contributed by atoms with E-state index in [1.165, 1.54) is 0 Å². The fourth-order valence-corrected chi connectivity index (χ4v) is 1.30. The number of anilines is 1. The quantitative estimate of drug-likeness (QED) is 0.630. The number of nitrogens with one attached hydrogen (secondary N) is 1. The monoisotopic (exact) mass is 221 g/mol. The zero-order chi connectivity index (χ0) is 12.1. The molecule has 0 aromatic heterocycles. The second-order valence-corrected chi connectivity index (χ2v) is 3.78. The normalized spacial score (nSPS) is 10.0. The van der Waals surface area contributed by atoms with Gasteiger partial charge in [-0.1, -0.05) is 18.2 Å². The SMILES string of the molecule is Cc1ccccc1N(N=O)C(=O)NC(C)C. The third-order valence-electron chi connectivity index (χ3n) is 2.03. The van der Waals surface area contributed by atoms with Gasteiger partial charge in [0.15, 0.2) is 0 Å². The molecular weight excluding hydrogens is 206 g/mol. The van der Waals surface area contributed by atoms with Crippen molar-refractivity contribution in [3.8, 4) is 0 Å². The third kappa shape index (κ3) is 2.79. The van der Waals surface area contributed by atoms with Gasteiger partial charge in [-0.25, -0.2) is 4.79 Å². The van der Waals surface area contributed by atoms with Gasteiger partial charge in [0, 0.05) is 6.04 Å². The minimum absolute atomic E-state index is 0.0410. The summed E-state index contributed by atoms with van der Waals surface area (Å²) in [6.07, 6.45) is 0. The Bertz CT molecular complexity index is 391. The predicted octanol–water partition coefficient (Wildman–Crippen LogP) is 2.60. The summed E-state index contributed by atoms with van der Waals surface area (Å²) in [5.74, 6) is 0. The molecule has 0 unspecified atom stereocenters. The molecule has 0 atom stereocenters. The molecular formula is C11H15N3O2. The average molecular weight is 221 g/mol. The fourth-order valence-electron chi connectivity index (χ4n) is 1.30. The first-order valence-electron chi connectivity index (χ1n) is 5.05. The molecule has 0 saturated carbocycles. The number of nitrogens with zero attached hydrogens (tertiary/aromatic N) is 2. The Morgan fingerprint density at radius 3 is 2.50 bits per heavy atom. The standard InChI is InChI=1S/C11H15N3O2/c1-8(2)12-11(15)14(13-16)10-7-5-4-6-9(10)3/h4-8H,1-3H3,(H,12,15). The van der Waals surface area contributed by atoms with E-state index < -0.39 is 6.03 Å². The van der Waals surface area contributed by atoms with E-state index in [1.807, 2.05) is 32.9 Å². The topological polar surface area (TPSA) is 61.8 Å². The van der Waals surface area contributed by atoms with Crippen LogP contribution in [0.1, 0.15) is 19.4 Å². The lowest BCUT2D eigenvalue weighted by molar-refractivity contribution is 0.244. The Morgan fingerprint density at radius 2 is 2.00 bits per heavy atom. The first-order valence-corrected chi connectivity index (χ1v) is 5.05. The molecule has 0 aliphatic heterocycles. The number of carbonyl (C=O) groups excluding carboxylic acids is 1. The smallest absolute Gasteiger partial charge is 0.334 e. The molecule has 0 saturated heterocycles. The van der Waals surface area contributed by atoms with Crippen molar-refractivity contribution >= 4 is 11.7 Å². The highest BCUT2D eigenvalue weighted by atomic mass is 16.3. The summed E-state index contributed by atoms with van der Waals surface area (Å²) >= 11 is 0. The first kappa shape index (κ1) is 12.2. The van der Waals surface area contributed by atoms with E-state index >= 15 is 0 Å². The van der Waals surface area contributed by atoms with Crippen LogP contribution in [0, 0.1) is 11.8 Å². The van der Waals surface area contributed by atoms with Crippen LogP contribution in [0.25, 0.3) is 0 Å². The van der Waals surface area contributed by atoms with Crippen molar-refractivity contribution in [2.24, 2.45) is 5.29 Å². The molecule has 1 rings (SSSR count). The van der Waals surface area contributed by atoms with Crippen LogP contribution in [-0.4, -0.2) is 12.1 Å². The van der Waals surface area contributed by atoms with Crippen LogP contribution in [-0.2, 0) is 0 Å². The molecule has 0 spiro atoms. The fraction of sp³-hybridized carbons (Fsp3) is 0.364. The largest absolute Gasteiger partial charge is 0.345 e. The van der Waals surface area contributed by atoms with E-state index in [-0.39, 0.29) is 6.04 Å². The van der Waals surface area contributed by atoms with Crippen molar-refractivity contribution in [2.45, 2.75) is 26.8 Å². The number of carbonyl (C=O) groups is 1. The lowest BCUT2D eigenvalue weighted by Crippen LogP contribution is -2.40. The summed E-state index contributed by atoms with van der Waals surface area (Å²) in [5.41, 5.74) is 1.32. The highest BCUT2D eigenvalue weighted by molar-refractivity contribution is 5.92. The van der Waals surface area contributed by atoms with E-state index in [0.29, 0.717) is 5.69 Å². The van der Waals surface area contributed by atoms with Gasteiger partial charge in [-0.15, -0.1) is 9.92 Å². The van der Waals surface area contributed by atoms with Crippen molar-refractivity contribution in [2.75, 3.05) is 5.01 Å². The van der Waals surface area contributed by atoms with Gasteiger partial charge in [-0.3, -0.25) is 0 Å². The van der Waals surface area contributed by atoms with Crippen LogP contribution >= 0.6 is 0 Å². The van der Waals surface area contributed by atoms with Crippen molar-refractivity contribution < 1.29 is 4.79 Å². The molecule has 16 heavy (non-hydrogen) atoms. The number of urea groups is 1. The molecule has 0 bridgehead atoms. The zero-order valence-corrected chi connectivity index (χ0v) is 9.60. The molecule has 5 nitrogen and oxygen atoms in total. The maximum absolute atomic E-state index is 11.7. The molecule has 1 aromatic carbocycles. The summed E-state index contributed by atoms with van der Waals surface area (Å²) in [6.45, 7) is 5.45. The lowest BCUT2D eigenvalue weighted by Gasteiger charge is -2.17. The zero-order valence-electron chi connectivity index (χ0n) is 9.60. The number of hydrogen-bond acceptors (Lipinski definition) is 3.